The molecule has 0 saturated carbocycles. The molecule has 2 rings (SSSR count). The number of nitrogens with one attached hydrogen (secondary N) is 1. The molecule has 1 aliphatic heterocycles. The largest absolute Gasteiger partial charge is 0.337 e. The van der Waals surface area contributed by atoms with Crippen LogP contribution in [-0.4, -0.2) is 46.2 Å². The predicted molar refractivity (Wildman–Crippen MR) is 83.8 cm³/mol. The fourth-order valence-corrected chi connectivity index (χ4v) is 2.76. The molecule has 0 aliphatic carbocycles. The summed E-state index contributed by atoms with van der Waals surface area (Å²) in [5, 5.41) is 3.64. The minimum Gasteiger partial charge on any atom is -0.337 e. The summed E-state index contributed by atoms with van der Waals surface area (Å²) in [4.78, 5) is 6.70. The quantitative estimate of drug-likeness (QED) is 0.867. The smallest absolute Gasteiger partial charge is 0.0945 e. The van der Waals surface area contributed by atoms with Gasteiger partial charge in [0.25, 0.3) is 0 Å². The molecule has 0 bridgehead atoms. The Bertz CT molecular complexity index is 358. The summed E-state index contributed by atoms with van der Waals surface area (Å²) in [7, 11) is 0. The second kappa shape index (κ2) is 7.23. The van der Waals surface area contributed by atoms with Gasteiger partial charge in [0.15, 0.2) is 0 Å². The van der Waals surface area contributed by atoms with Crippen LogP contribution in [0, 0.1) is 5.92 Å². The molecule has 0 spiro atoms. The molecule has 1 N–H and O–H groups in total. The SMILES string of the molecule is CC(C)(C)NCC1CCN(CCCn2ccnc2)CC1. The predicted octanol–water partition coefficient (Wildman–Crippen LogP) is 2.37. The maximum absolute atomic E-state index is 4.08. The van der Waals surface area contributed by atoms with Crippen molar-refractivity contribution in [1.82, 2.24) is 19.8 Å². The van der Waals surface area contributed by atoms with E-state index in [0.29, 0.717) is 0 Å². The molecule has 1 fully saturated rings. The molecule has 1 aromatic heterocycles. The summed E-state index contributed by atoms with van der Waals surface area (Å²) in [6.07, 6.45) is 9.71. The number of aromatic nitrogens is 2. The number of aryl methyl sites for hydroxylation is 1. The first-order valence-electron chi connectivity index (χ1n) is 7.96. The van der Waals surface area contributed by atoms with Crippen LogP contribution >= 0.6 is 0 Å². The molecular weight excluding hydrogens is 248 g/mol. The summed E-state index contributed by atoms with van der Waals surface area (Å²) in [5.41, 5.74) is 0.252. The molecule has 0 atom stereocenters. The van der Waals surface area contributed by atoms with Gasteiger partial charge in [0.1, 0.15) is 0 Å². The van der Waals surface area contributed by atoms with Crippen molar-refractivity contribution in [2.45, 2.75) is 52.1 Å². The van der Waals surface area contributed by atoms with Gasteiger partial charge in [-0.25, -0.2) is 4.98 Å². The lowest BCUT2D eigenvalue weighted by Crippen LogP contribution is -2.43. The fraction of sp³-hybridized carbons (Fsp3) is 0.812. The molecule has 0 amide bonds. The molecule has 2 heterocycles. The number of hydrogen-bond donors (Lipinski definition) is 1. The second-order valence-corrected chi connectivity index (χ2v) is 7.07. The molecule has 1 saturated heterocycles. The Hall–Kier alpha value is -0.870. The van der Waals surface area contributed by atoms with Crippen LogP contribution in [-0.2, 0) is 6.54 Å². The molecule has 4 nitrogen and oxygen atoms in total. The zero-order chi connectivity index (χ0) is 14.4. The Kier molecular flexibility index (Phi) is 5.61. The molecular formula is C16H30N4. The Labute approximate surface area is 123 Å². The van der Waals surface area contributed by atoms with Crippen LogP contribution in [0.2, 0.25) is 0 Å². The molecule has 4 heteroatoms. The number of piperidine rings is 1. The molecule has 114 valence electrons. The normalized spacial score (nSPS) is 18.6. The average molecular weight is 278 g/mol. The number of likely N-dealkylation sites (tertiary alicyclic amines) is 1. The highest BCUT2D eigenvalue weighted by Crippen LogP contribution is 2.17. The van der Waals surface area contributed by atoms with Crippen LogP contribution in [0.5, 0.6) is 0 Å². The van der Waals surface area contributed by atoms with Crippen LogP contribution in [0.4, 0.5) is 0 Å². The number of imidazole rings is 1. The first-order chi connectivity index (χ1) is 9.53. The highest BCUT2D eigenvalue weighted by molar-refractivity contribution is 4.78. The van der Waals surface area contributed by atoms with Crippen molar-refractivity contribution < 1.29 is 0 Å². The van der Waals surface area contributed by atoms with Gasteiger partial charge in [0, 0.05) is 24.5 Å². The topological polar surface area (TPSA) is 33.1 Å². The van der Waals surface area contributed by atoms with Crippen LogP contribution < -0.4 is 5.32 Å². The molecule has 0 unspecified atom stereocenters. The van der Waals surface area contributed by atoms with Crippen molar-refractivity contribution in [2.24, 2.45) is 5.92 Å². The van der Waals surface area contributed by atoms with E-state index in [1.54, 1.807) is 0 Å². The van der Waals surface area contributed by atoms with Crippen LogP contribution in [0.1, 0.15) is 40.0 Å². The first-order valence-corrected chi connectivity index (χ1v) is 7.96. The molecule has 1 aromatic rings. The monoisotopic (exact) mass is 278 g/mol. The summed E-state index contributed by atoms with van der Waals surface area (Å²) in [6.45, 7) is 12.8. The summed E-state index contributed by atoms with van der Waals surface area (Å²) in [6, 6.07) is 0. The van der Waals surface area contributed by atoms with E-state index >= 15 is 0 Å². The first kappa shape index (κ1) is 15.5. The summed E-state index contributed by atoms with van der Waals surface area (Å²) < 4.78 is 2.17. The van der Waals surface area contributed by atoms with Crippen molar-refractivity contribution in [3.05, 3.63) is 18.7 Å². The Balaban J connectivity index is 1.57. The molecule has 0 aromatic carbocycles. The van der Waals surface area contributed by atoms with E-state index < -0.39 is 0 Å². The zero-order valence-corrected chi connectivity index (χ0v) is 13.3. The third-order valence-electron chi connectivity index (χ3n) is 4.08. The fourth-order valence-electron chi connectivity index (χ4n) is 2.76. The van der Waals surface area contributed by atoms with Crippen molar-refractivity contribution in [3.8, 4) is 0 Å². The van der Waals surface area contributed by atoms with Crippen LogP contribution in [0.15, 0.2) is 18.7 Å². The molecule has 0 radical (unpaired) electrons. The number of rotatable bonds is 6. The highest BCUT2D eigenvalue weighted by atomic mass is 15.1. The van der Waals surface area contributed by atoms with Gasteiger partial charge < -0.3 is 14.8 Å². The number of hydrogen-bond acceptors (Lipinski definition) is 3. The molecule has 20 heavy (non-hydrogen) atoms. The van der Waals surface area contributed by atoms with Crippen molar-refractivity contribution in [2.75, 3.05) is 26.2 Å². The number of nitrogens with zero attached hydrogens (tertiary/aromatic N) is 3. The van der Waals surface area contributed by atoms with Gasteiger partial charge in [-0.2, -0.15) is 0 Å². The van der Waals surface area contributed by atoms with Gasteiger partial charge in [-0.05, 0) is 72.1 Å². The second-order valence-electron chi connectivity index (χ2n) is 7.07. The van der Waals surface area contributed by atoms with E-state index in [1.807, 2.05) is 18.7 Å². The summed E-state index contributed by atoms with van der Waals surface area (Å²) >= 11 is 0. The minimum atomic E-state index is 0.252. The minimum absolute atomic E-state index is 0.252. The van der Waals surface area contributed by atoms with E-state index in [4.69, 9.17) is 0 Å². The van der Waals surface area contributed by atoms with E-state index in [2.05, 4.69) is 40.5 Å². The average Bonchev–Trinajstić information content (AvgIpc) is 2.90. The Morgan fingerprint density at radius 1 is 1.20 bits per heavy atom. The zero-order valence-electron chi connectivity index (χ0n) is 13.3. The lowest BCUT2D eigenvalue weighted by molar-refractivity contribution is 0.173. The maximum Gasteiger partial charge on any atom is 0.0945 e. The Morgan fingerprint density at radius 2 is 1.95 bits per heavy atom. The Morgan fingerprint density at radius 3 is 2.55 bits per heavy atom. The van der Waals surface area contributed by atoms with E-state index in [1.165, 1.54) is 45.4 Å². The summed E-state index contributed by atoms with van der Waals surface area (Å²) in [5.74, 6) is 0.860. The van der Waals surface area contributed by atoms with E-state index in [9.17, 15) is 0 Å². The van der Waals surface area contributed by atoms with Gasteiger partial charge in [-0.1, -0.05) is 0 Å². The van der Waals surface area contributed by atoms with Crippen molar-refractivity contribution in [3.63, 3.8) is 0 Å². The van der Waals surface area contributed by atoms with Crippen LogP contribution in [0.3, 0.4) is 0 Å². The van der Waals surface area contributed by atoms with Gasteiger partial charge in [-0.15, -0.1) is 0 Å². The van der Waals surface area contributed by atoms with E-state index in [0.717, 1.165) is 12.5 Å². The van der Waals surface area contributed by atoms with Gasteiger partial charge in [0.2, 0.25) is 0 Å². The van der Waals surface area contributed by atoms with Gasteiger partial charge in [-0.3, -0.25) is 0 Å². The van der Waals surface area contributed by atoms with Crippen molar-refractivity contribution >= 4 is 0 Å². The standard InChI is InChI=1S/C16H30N4/c1-16(2,3)18-13-15-5-10-19(11-6-15)8-4-9-20-12-7-17-14-20/h7,12,14-15,18H,4-6,8-11,13H2,1-3H3. The lowest BCUT2D eigenvalue weighted by atomic mass is 9.95. The van der Waals surface area contributed by atoms with Gasteiger partial charge in [0.05, 0.1) is 6.33 Å². The third kappa shape index (κ3) is 5.63. The third-order valence-corrected chi connectivity index (χ3v) is 4.08. The maximum atomic E-state index is 4.08. The molecule has 1 aliphatic rings. The highest BCUT2D eigenvalue weighted by Gasteiger charge is 2.20. The van der Waals surface area contributed by atoms with Crippen LogP contribution in [0.25, 0.3) is 0 Å². The van der Waals surface area contributed by atoms with Crippen molar-refractivity contribution in [1.29, 1.82) is 0 Å². The van der Waals surface area contributed by atoms with E-state index in [-0.39, 0.29) is 5.54 Å². The lowest BCUT2D eigenvalue weighted by Gasteiger charge is -2.33. The van der Waals surface area contributed by atoms with Gasteiger partial charge >= 0.3 is 0 Å².